The average molecular weight is 384 g/mol. The van der Waals surface area contributed by atoms with Crippen molar-refractivity contribution in [3.8, 4) is 0 Å². The number of ether oxygens (including phenoxy) is 1. The summed E-state index contributed by atoms with van der Waals surface area (Å²) >= 11 is 1.45. The van der Waals surface area contributed by atoms with Crippen molar-refractivity contribution in [1.82, 2.24) is 4.31 Å². The molecule has 0 aromatic heterocycles. The molecule has 5 nitrogen and oxygen atoms in total. The molecular formula is C18H25NO4S2. The smallest absolute Gasteiger partial charge is 0.320 e. The fraction of sp³-hybridized carbons (Fsp3) is 0.611. The number of thioether (sulfide) groups is 1. The molecule has 2 aliphatic rings. The molecule has 138 valence electrons. The van der Waals surface area contributed by atoms with Gasteiger partial charge in [0.1, 0.15) is 5.25 Å². The van der Waals surface area contributed by atoms with Crippen LogP contribution in [0.25, 0.3) is 0 Å². The van der Waals surface area contributed by atoms with Crippen LogP contribution in [0.4, 0.5) is 0 Å². The van der Waals surface area contributed by atoms with Gasteiger partial charge in [0, 0.05) is 18.8 Å². The molecule has 1 atom stereocenters. The van der Waals surface area contributed by atoms with Crippen LogP contribution in [-0.4, -0.2) is 49.9 Å². The Morgan fingerprint density at radius 1 is 1.16 bits per heavy atom. The number of hydrogen-bond donors (Lipinski definition) is 0. The minimum Gasteiger partial charge on any atom is -0.468 e. The first kappa shape index (κ1) is 18.7. The lowest BCUT2D eigenvalue weighted by Crippen LogP contribution is -2.44. The van der Waals surface area contributed by atoms with Crippen molar-refractivity contribution >= 4 is 27.8 Å². The van der Waals surface area contributed by atoms with E-state index in [0.717, 1.165) is 0 Å². The Kier molecular flexibility index (Phi) is 6.07. The van der Waals surface area contributed by atoms with Gasteiger partial charge >= 0.3 is 5.97 Å². The summed E-state index contributed by atoms with van der Waals surface area (Å²) in [6, 6.07) is 7.35. The van der Waals surface area contributed by atoms with E-state index in [0.29, 0.717) is 23.1 Å². The minimum atomic E-state index is -3.57. The highest BCUT2D eigenvalue weighted by Gasteiger charge is 2.34. The molecule has 25 heavy (non-hydrogen) atoms. The van der Waals surface area contributed by atoms with Crippen LogP contribution < -0.4 is 0 Å². The molecule has 0 spiro atoms. The van der Waals surface area contributed by atoms with Crippen LogP contribution >= 0.6 is 11.8 Å². The quantitative estimate of drug-likeness (QED) is 0.748. The zero-order chi connectivity index (χ0) is 17.9. The Labute approximate surface area is 154 Å². The Bertz CT molecular complexity index is 696. The second-order valence-corrected chi connectivity index (χ2v) is 9.90. The fourth-order valence-corrected chi connectivity index (χ4v) is 6.41. The lowest BCUT2D eigenvalue weighted by molar-refractivity contribution is -0.140. The summed E-state index contributed by atoms with van der Waals surface area (Å²) in [6.45, 7) is 0.592. The van der Waals surface area contributed by atoms with Crippen molar-refractivity contribution in [2.45, 2.75) is 48.2 Å². The first-order valence-corrected chi connectivity index (χ1v) is 11.3. The second kappa shape index (κ2) is 8.10. The van der Waals surface area contributed by atoms with Gasteiger partial charge in [-0.2, -0.15) is 4.31 Å². The molecule has 0 amide bonds. The number of rotatable bonds is 4. The molecular weight excluding hydrogens is 358 g/mol. The Morgan fingerprint density at radius 3 is 2.48 bits per heavy atom. The van der Waals surface area contributed by atoms with Crippen molar-refractivity contribution in [2.24, 2.45) is 0 Å². The molecule has 1 heterocycles. The van der Waals surface area contributed by atoms with Gasteiger partial charge < -0.3 is 4.74 Å². The number of esters is 1. The van der Waals surface area contributed by atoms with E-state index in [1.54, 1.807) is 12.1 Å². The summed E-state index contributed by atoms with van der Waals surface area (Å²) in [6.07, 6.45) is 6.19. The molecule has 1 aliphatic heterocycles. The van der Waals surface area contributed by atoms with Gasteiger partial charge in [-0.05, 0) is 36.5 Å². The van der Waals surface area contributed by atoms with Gasteiger partial charge in [-0.1, -0.05) is 31.4 Å². The highest BCUT2D eigenvalue weighted by molar-refractivity contribution is 8.00. The van der Waals surface area contributed by atoms with Crippen LogP contribution in [0, 0.1) is 0 Å². The number of benzene rings is 1. The maximum atomic E-state index is 12.9. The van der Waals surface area contributed by atoms with Gasteiger partial charge in [0.2, 0.25) is 10.0 Å². The van der Waals surface area contributed by atoms with Gasteiger partial charge in [-0.15, -0.1) is 11.8 Å². The molecule has 1 aromatic rings. The van der Waals surface area contributed by atoms with Crippen molar-refractivity contribution < 1.29 is 17.9 Å². The zero-order valence-electron chi connectivity index (χ0n) is 14.5. The fourth-order valence-electron chi connectivity index (χ4n) is 3.62. The van der Waals surface area contributed by atoms with Crippen molar-refractivity contribution in [3.05, 3.63) is 29.8 Å². The van der Waals surface area contributed by atoms with E-state index in [1.807, 2.05) is 12.1 Å². The Hall–Kier alpha value is -1.05. The third-order valence-electron chi connectivity index (χ3n) is 5.09. The first-order valence-electron chi connectivity index (χ1n) is 8.82. The summed E-state index contributed by atoms with van der Waals surface area (Å²) < 4.78 is 32.0. The van der Waals surface area contributed by atoms with Crippen LogP contribution in [0.5, 0.6) is 0 Å². The highest BCUT2D eigenvalue weighted by Crippen LogP contribution is 2.33. The van der Waals surface area contributed by atoms with Gasteiger partial charge in [-0.3, -0.25) is 4.79 Å². The maximum Gasteiger partial charge on any atom is 0.320 e. The minimum absolute atomic E-state index is 0.171. The van der Waals surface area contributed by atoms with E-state index in [4.69, 9.17) is 4.74 Å². The number of carbonyl (C=O) groups excluding carboxylic acids is 1. The summed E-state index contributed by atoms with van der Waals surface area (Å²) in [4.78, 5) is 12.0. The maximum absolute atomic E-state index is 12.9. The van der Waals surface area contributed by atoms with Gasteiger partial charge in [0.15, 0.2) is 0 Å². The third kappa shape index (κ3) is 4.20. The normalized spacial score (nSPS) is 23.3. The summed E-state index contributed by atoms with van der Waals surface area (Å²) in [7, 11) is -2.24. The largest absolute Gasteiger partial charge is 0.468 e. The molecule has 0 unspecified atom stereocenters. The lowest BCUT2D eigenvalue weighted by atomic mass is 9.84. The monoisotopic (exact) mass is 383 g/mol. The lowest BCUT2D eigenvalue weighted by Gasteiger charge is -2.30. The zero-order valence-corrected chi connectivity index (χ0v) is 16.2. The molecule has 1 aromatic carbocycles. The van der Waals surface area contributed by atoms with E-state index in [2.05, 4.69) is 0 Å². The number of sulfonamides is 1. The molecule has 3 rings (SSSR count). The van der Waals surface area contributed by atoms with Crippen LogP contribution in [-0.2, 0) is 19.6 Å². The number of carbonyl (C=O) groups is 1. The van der Waals surface area contributed by atoms with Crippen LogP contribution in [0.15, 0.2) is 29.2 Å². The number of methoxy groups -OCH3 is 1. The summed E-state index contributed by atoms with van der Waals surface area (Å²) in [5.41, 5.74) is 1.24. The number of hydrogen-bond acceptors (Lipinski definition) is 5. The van der Waals surface area contributed by atoms with Crippen molar-refractivity contribution in [1.29, 1.82) is 0 Å². The van der Waals surface area contributed by atoms with Crippen LogP contribution in [0.1, 0.15) is 43.6 Å². The molecule has 1 saturated heterocycles. The van der Waals surface area contributed by atoms with Crippen LogP contribution in [0.2, 0.25) is 0 Å². The van der Waals surface area contributed by atoms with Crippen molar-refractivity contribution in [3.63, 3.8) is 0 Å². The predicted molar refractivity (Wildman–Crippen MR) is 99.3 cm³/mol. The Morgan fingerprint density at radius 2 is 1.84 bits per heavy atom. The van der Waals surface area contributed by atoms with Crippen LogP contribution in [0.3, 0.4) is 0 Å². The van der Waals surface area contributed by atoms with Crippen molar-refractivity contribution in [2.75, 3.05) is 26.0 Å². The Balaban J connectivity index is 1.74. The standard InChI is InChI=1S/C18H25NO4S2/c1-23-18(20)17-13-19(11-12-24-17)25(21,22)16-9-7-15(8-10-16)14-5-3-2-4-6-14/h7-10,14,17H,2-6,11-13H2,1H3/t17-/m1/s1. The average Bonchev–Trinajstić information content (AvgIpc) is 2.68. The first-order chi connectivity index (χ1) is 12.0. The summed E-state index contributed by atoms with van der Waals surface area (Å²) in [5.74, 6) is 0.789. The molecule has 0 radical (unpaired) electrons. The van der Waals surface area contributed by atoms with E-state index in [1.165, 1.54) is 60.8 Å². The highest BCUT2D eigenvalue weighted by atomic mass is 32.2. The molecule has 1 aliphatic carbocycles. The molecule has 7 heteroatoms. The topological polar surface area (TPSA) is 63.7 Å². The van der Waals surface area contributed by atoms with E-state index < -0.39 is 15.3 Å². The molecule has 0 N–H and O–H groups in total. The van der Waals surface area contributed by atoms with Gasteiger partial charge in [0.05, 0.1) is 12.0 Å². The molecule has 1 saturated carbocycles. The predicted octanol–water partition coefficient (Wildman–Crippen LogP) is 3.01. The molecule has 0 bridgehead atoms. The summed E-state index contributed by atoms with van der Waals surface area (Å²) in [5, 5.41) is -0.449. The van der Waals surface area contributed by atoms with E-state index >= 15 is 0 Å². The SMILES string of the molecule is COC(=O)[C@H]1CN(S(=O)(=O)c2ccc(C3CCCCC3)cc2)CCS1. The number of nitrogens with zero attached hydrogens (tertiary/aromatic N) is 1. The van der Waals surface area contributed by atoms with E-state index in [9.17, 15) is 13.2 Å². The second-order valence-electron chi connectivity index (χ2n) is 6.65. The molecule has 2 fully saturated rings. The third-order valence-corrected chi connectivity index (χ3v) is 8.13. The van der Waals surface area contributed by atoms with Gasteiger partial charge in [0.25, 0.3) is 0 Å². The van der Waals surface area contributed by atoms with E-state index in [-0.39, 0.29) is 12.5 Å². The van der Waals surface area contributed by atoms with Gasteiger partial charge in [-0.25, -0.2) is 8.42 Å².